The van der Waals surface area contributed by atoms with Crippen LogP contribution in [0.2, 0.25) is 0 Å². The number of ether oxygens (including phenoxy) is 2. The zero-order chi connectivity index (χ0) is 24.4. The summed E-state index contributed by atoms with van der Waals surface area (Å²) in [5.41, 5.74) is 4.39. The van der Waals surface area contributed by atoms with Crippen molar-refractivity contribution in [3.63, 3.8) is 0 Å². The molecule has 0 rings (SSSR count). The van der Waals surface area contributed by atoms with E-state index in [0.29, 0.717) is 0 Å². The van der Waals surface area contributed by atoms with Crippen LogP contribution in [0.5, 0.6) is 0 Å². The average molecular weight is 449 g/mol. The summed E-state index contributed by atoms with van der Waals surface area (Å²) < 4.78 is 12.9. The first-order valence-corrected chi connectivity index (χ1v) is 13.4. The fraction of sp³-hybridized carbons (Fsp3) is 0.800. The average Bonchev–Trinajstić information content (AvgIpc) is 2.70. The van der Waals surface area contributed by atoms with Crippen LogP contribution in [0.1, 0.15) is 139 Å². The highest BCUT2D eigenvalue weighted by molar-refractivity contribution is 5.05. The van der Waals surface area contributed by atoms with Crippen LogP contribution in [-0.4, -0.2) is 18.0 Å². The van der Waals surface area contributed by atoms with Crippen molar-refractivity contribution in [2.24, 2.45) is 0 Å². The lowest BCUT2D eigenvalue weighted by atomic mass is 10.0. The zero-order valence-corrected chi connectivity index (χ0v) is 23.2. The van der Waals surface area contributed by atoms with Gasteiger partial charge in [-0.3, -0.25) is 0 Å². The van der Waals surface area contributed by atoms with Crippen molar-refractivity contribution in [1.29, 1.82) is 0 Å². The largest absolute Gasteiger partial charge is 0.347 e. The van der Waals surface area contributed by atoms with E-state index >= 15 is 0 Å². The molecule has 32 heavy (non-hydrogen) atoms. The summed E-state index contributed by atoms with van der Waals surface area (Å²) in [6, 6.07) is 0. The van der Waals surface area contributed by atoms with Gasteiger partial charge in [0.2, 0.25) is 0 Å². The predicted molar refractivity (Wildman–Crippen MR) is 143 cm³/mol. The number of allylic oxidation sites excluding steroid dienone is 6. The Kier molecular flexibility index (Phi) is 18.1. The van der Waals surface area contributed by atoms with E-state index in [1.54, 1.807) is 0 Å². The molecule has 0 heterocycles. The SMILES string of the molecule is CCCCC(C)OC(C)(CCC=C(C)CCC=C(C)CCC=C(C)C)OC(C)CCCC. The molecular weight excluding hydrogens is 392 g/mol. The Morgan fingerprint density at radius 3 is 1.59 bits per heavy atom. The Balaban J connectivity index is 4.70. The molecule has 2 heteroatoms. The molecule has 2 unspecified atom stereocenters. The van der Waals surface area contributed by atoms with Crippen LogP contribution in [0.4, 0.5) is 0 Å². The smallest absolute Gasteiger partial charge is 0.166 e. The second kappa shape index (κ2) is 18.6. The van der Waals surface area contributed by atoms with Crippen LogP contribution in [0.3, 0.4) is 0 Å². The molecule has 0 aliphatic carbocycles. The second-order valence-corrected chi connectivity index (χ2v) is 10.3. The van der Waals surface area contributed by atoms with E-state index in [9.17, 15) is 0 Å². The third-order valence-corrected chi connectivity index (χ3v) is 6.04. The van der Waals surface area contributed by atoms with E-state index in [0.717, 1.165) is 44.9 Å². The maximum Gasteiger partial charge on any atom is 0.166 e. The first kappa shape index (κ1) is 31.1. The molecule has 0 aliphatic heterocycles. The van der Waals surface area contributed by atoms with Crippen LogP contribution in [0.15, 0.2) is 34.9 Å². The van der Waals surface area contributed by atoms with Gasteiger partial charge < -0.3 is 9.47 Å². The maximum atomic E-state index is 6.47. The highest BCUT2D eigenvalue weighted by atomic mass is 16.7. The van der Waals surface area contributed by atoms with E-state index in [1.807, 2.05) is 0 Å². The van der Waals surface area contributed by atoms with Gasteiger partial charge in [-0.05, 0) is 93.4 Å². The molecular formula is C30H56O2. The molecule has 0 saturated carbocycles. The first-order chi connectivity index (χ1) is 15.1. The molecule has 188 valence electrons. The molecule has 2 nitrogen and oxygen atoms in total. The van der Waals surface area contributed by atoms with Crippen molar-refractivity contribution in [3.8, 4) is 0 Å². The van der Waals surface area contributed by atoms with Crippen LogP contribution in [0.25, 0.3) is 0 Å². The van der Waals surface area contributed by atoms with Crippen molar-refractivity contribution < 1.29 is 9.47 Å². The van der Waals surface area contributed by atoms with Gasteiger partial charge in [0.05, 0.1) is 12.2 Å². The molecule has 2 atom stereocenters. The molecule has 0 bridgehead atoms. The third-order valence-electron chi connectivity index (χ3n) is 6.04. The molecule has 0 amide bonds. The summed E-state index contributed by atoms with van der Waals surface area (Å²) in [6.45, 7) is 19.9. The van der Waals surface area contributed by atoms with Crippen LogP contribution < -0.4 is 0 Å². The minimum atomic E-state index is -0.501. The summed E-state index contributed by atoms with van der Waals surface area (Å²) in [5.74, 6) is -0.501. The summed E-state index contributed by atoms with van der Waals surface area (Å²) in [4.78, 5) is 0. The molecule has 0 fully saturated rings. The van der Waals surface area contributed by atoms with Gasteiger partial charge in [-0.15, -0.1) is 0 Å². The Labute approximate surface area is 201 Å². The standard InChI is InChI=1S/C30H56O2/c1-10-12-22-28(7)31-30(9,32-29(8)23-13-11-2)24-16-21-27(6)20-15-19-26(5)18-14-17-25(3)4/h17,19,21,28-29H,10-16,18,20,22-24H2,1-9H3. The quantitative estimate of drug-likeness (QED) is 0.144. The van der Waals surface area contributed by atoms with Gasteiger partial charge in [0, 0.05) is 6.42 Å². The summed E-state index contributed by atoms with van der Waals surface area (Å²) >= 11 is 0. The summed E-state index contributed by atoms with van der Waals surface area (Å²) in [7, 11) is 0. The van der Waals surface area contributed by atoms with E-state index in [1.165, 1.54) is 48.8 Å². The van der Waals surface area contributed by atoms with Crippen molar-refractivity contribution in [2.75, 3.05) is 0 Å². The lowest BCUT2D eigenvalue weighted by molar-refractivity contribution is -0.267. The Hall–Kier alpha value is -0.860. The molecule has 0 aromatic heterocycles. The van der Waals surface area contributed by atoms with Crippen LogP contribution >= 0.6 is 0 Å². The van der Waals surface area contributed by atoms with E-state index < -0.39 is 5.79 Å². The highest BCUT2D eigenvalue weighted by Crippen LogP contribution is 2.27. The normalized spacial score (nSPS) is 16.5. The minimum absolute atomic E-state index is 0.239. The fourth-order valence-electron chi connectivity index (χ4n) is 4.02. The van der Waals surface area contributed by atoms with Crippen molar-refractivity contribution in [1.82, 2.24) is 0 Å². The van der Waals surface area contributed by atoms with Crippen LogP contribution in [-0.2, 0) is 9.47 Å². The number of unbranched alkanes of at least 4 members (excludes halogenated alkanes) is 2. The molecule has 0 aromatic carbocycles. The third kappa shape index (κ3) is 17.7. The van der Waals surface area contributed by atoms with Crippen LogP contribution in [0, 0.1) is 0 Å². The van der Waals surface area contributed by atoms with Gasteiger partial charge in [0.15, 0.2) is 5.79 Å². The minimum Gasteiger partial charge on any atom is -0.347 e. The molecule has 0 N–H and O–H groups in total. The van der Waals surface area contributed by atoms with Gasteiger partial charge in [-0.1, -0.05) is 74.5 Å². The van der Waals surface area contributed by atoms with E-state index in [2.05, 4.69) is 80.5 Å². The molecule has 0 aromatic rings. The summed E-state index contributed by atoms with van der Waals surface area (Å²) in [6.07, 6.45) is 21.2. The molecule has 0 radical (unpaired) electrons. The lowest BCUT2D eigenvalue weighted by Gasteiger charge is -2.35. The summed E-state index contributed by atoms with van der Waals surface area (Å²) in [5, 5.41) is 0. The first-order valence-electron chi connectivity index (χ1n) is 13.4. The fourth-order valence-corrected chi connectivity index (χ4v) is 4.02. The van der Waals surface area contributed by atoms with Gasteiger partial charge in [0.25, 0.3) is 0 Å². The Morgan fingerprint density at radius 2 is 1.16 bits per heavy atom. The topological polar surface area (TPSA) is 18.5 Å². The van der Waals surface area contributed by atoms with Gasteiger partial charge >= 0.3 is 0 Å². The monoisotopic (exact) mass is 448 g/mol. The Morgan fingerprint density at radius 1 is 0.719 bits per heavy atom. The molecule has 0 spiro atoms. The molecule has 0 saturated heterocycles. The maximum absolute atomic E-state index is 6.47. The number of hydrogen-bond acceptors (Lipinski definition) is 2. The van der Waals surface area contributed by atoms with Crippen molar-refractivity contribution in [3.05, 3.63) is 34.9 Å². The highest BCUT2D eigenvalue weighted by Gasteiger charge is 2.29. The van der Waals surface area contributed by atoms with Gasteiger partial charge in [0.1, 0.15) is 0 Å². The second-order valence-electron chi connectivity index (χ2n) is 10.3. The number of rotatable bonds is 19. The zero-order valence-electron chi connectivity index (χ0n) is 23.2. The van der Waals surface area contributed by atoms with Gasteiger partial charge in [-0.2, -0.15) is 0 Å². The van der Waals surface area contributed by atoms with E-state index in [4.69, 9.17) is 9.47 Å². The number of hydrogen-bond donors (Lipinski definition) is 0. The molecule has 0 aliphatic rings. The van der Waals surface area contributed by atoms with Gasteiger partial charge in [-0.25, -0.2) is 0 Å². The van der Waals surface area contributed by atoms with Crippen molar-refractivity contribution >= 4 is 0 Å². The van der Waals surface area contributed by atoms with E-state index in [-0.39, 0.29) is 12.2 Å². The van der Waals surface area contributed by atoms with Crippen molar-refractivity contribution in [2.45, 2.75) is 157 Å². The lowest BCUT2D eigenvalue weighted by Crippen LogP contribution is -2.38. The predicted octanol–water partition coefficient (Wildman–Crippen LogP) is 10.1. The Bertz CT molecular complexity index is 535.